The second-order valence-electron chi connectivity index (χ2n) is 5.90. The summed E-state index contributed by atoms with van der Waals surface area (Å²) in [7, 11) is 2.19. The Morgan fingerprint density at radius 2 is 2.24 bits per heavy atom. The third-order valence-electron chi connectivity index (χ3n) is 4.24. The van der Waals surface area contributed by atoms with Gasteiger partial charge in [0.1, 0.15) is 0 Å². The largest absolute Gasteiger partial charge is 0.396 e. The van der Waals surface area contributed by atoms with Crippen molar-refractivity contribution < 1.29 is 9.84 Å². The summed E-state index contributed by atoms with van der Waals surface area (Å²) in [5, 5.41) is 9.64. The summed E-state index contributed by atoms with van der Waals surface area (Å²) in [6, 6.07) is 0.575. The van der Waals surface area contributed by atoms with E-state index in [4.69, 9.17) is 4.74 Å². The first kappa shape index (κ1) is 13.3. The molecular weight excluding hydrogens is 216 g/mol. The van der Waals surface area contributed by atoms with Crippen molar-refractivity contribution in [3.63, 3.8) is 0 Å². The first-order valence-electron chi connectivity index (χ1n) is 6.76. The summed E-state index contributed by atoms with van der Waals surface area (Å²) < 4.78 is 5.48. The third-order valence-corrected chi connectivity index (χ3v) is 4.24. The monoisotopic (exact) mass is 242 g/mol. The van der Waals surface area contributed by atoms with Gasteiger partial charge in [0, 0.05) is 31.2 Å². The zero-order valence-corrected chi connectivity index (χ0v) is 11.2. The number of nitrogens with zero attached hydrogens (tertiary/aromatic N) is 2. The zero-order chi connectivity index (χ0) is 12.3. The van der Waals surface area contributed by atoms with Crippen LogP contribution in [-0.2, 0) is 4.74 Å². The van der Waals surface area contributed by atoms with Crippen molar-refractivity contribution >= 4 is 0 Å². The maximum absolute atomic E-state index is 9.64. The van der Waals surface area contributed by atoms with Gasteiger partial charge in [-0.3, -0.25) is 4.90 Å². The topological polar surface area (TPSA) is 35.9 Å². The van der Waals surface area contributed by atoms with Crippen LogP contribution in [0.5, 0.6) is 0 Å². The molecule has 0 radical (unpaired) electrons. The first-order chi connectivity index (χ1) is 8.15. The van der Waals surface area contributed by atoms with Crippen LogP contribution >= 0.6 is 0 Å². The van der Waals surface area contributed by atoms with Crippen molar-refractivity contribution in [3.05, 3.63) is 0 Å². The highest BCUT2D eigenvalue weighted by Gasteiger charge is 2.37. The van der Waals surface area contributed by atoms with Crippen molar-refractivity contribution in [2.24, 2.45) is 5.41 Å². The molecule has 0 aromatic rings. The van der Waals surface area contributed by atoms with Gasteiger partial charge in [-0.1, -0.05) is 0 Å². The van der Waals surface area contributed by atoms with Crippen LogP contribution in [0.3, 0.4) is 0 Å². The normalized spacial score (nSPS) is 37.2. The number of likely N-dealkylation sites (N-methyl/N-ethyl adjacent to an activating group) is 1. The highest BCUT2D eigenvalue weighted by molar-refractivity contribution is 4.88. The number of ether oxygens (including phenoxy) is 1. The van der Waals surface area contributed by atoms with E-state index in [2.05, 4.69) is 23.8 Å². The minimum absolute atomic E-state index is 0.00281. The fourth-order valence-corrected chi connectivity index (χ4v) is 3.04. The Kier molecular flexibility index (Phi) is 4.42. The number of hydrogen-bond acceptors (Lipinski definition) is 4. The smallest absolute Gasteiger partial charge is 0.0557 e. The predicted molar refractivity (Wildman–Crippen MR) is 68.1 cm³/mol. The molecule has 0 aliphatic carbocycles. The fraction of sp³-hybridized carbons (Fsp3) is 1.00. The van der Waals surface area contributed by atoms with Gasteiger partial charge in [0.25, 0.3) is 0 Å². The molecule has 0 amide bonds. The van der Waals surface area contributed by atoms with Gasteiger partial charge in [0.05, 0.1) is 13.2 Å². The van der Waals surface area contributed by atoms with Crippen LogP contribution in [-0.4, -0.2) is 74.0 Å². The van der Waals surface area contributed by atoms with Gasteiger partial charge >= 0.3 is 0 Å². The van der Waals surface area contributed by atoms with Crippen molar-refractivity contribution in [1.82, 2.24) is 9.80 Å². The van der Waals surface area contributed by atoms with Gasteiger partial charge < -0.3 is 14.7 Å². The van der Waals surface area contributed by atoms with Crippen LogP contribution in [0.2, 0.25) is 0 Å². The molecule has 0 bridgehead atoms. The second-order valence-corrected chi connectivity index (χ2v) is 5.90. The van der Waals surface area contributed by atoms with Crippen molar-refractivity contribution in [2.75, 3.05) is 53.0 Å². The Morgan fingerprint density at radius 3 is 2.88 bits per heavy atom. The van der Waals surface area contributed by atoms with Crippen molar-refractivity contribution in [1.29, 1.82) is 0 Å². The molecule has 17 heavy (non-hydrogen) atoms. The van der Waals surface area contributed by atoms with Crippen LogP contribution < -0.4 is 0 Å². The molecule has 2 unspecified atom stereocenters. The molecular formula is C13H26N2O2. The average molecular weight is 242 g/mol. The highest BCUT2D eigenvalue weighted by atomic mass is 16.5. The lowest BCUT2D eigenvalue weighted by molar-refractivity contribution is 0.0448. The van der Waals surface area contributed by atoms with Crippen molar-refractivity contribution in [2.45, 2.75) is 25.8 Å². The van der Waals surface area contributed by atoms with E-state index in [9.17, 15) is 5.11 Å². The van der Waals surface area contributed by atoms with E-state index >= 15 is 0 Å². The van der Waals surface area contributed by atoms with E-state index in [0.717, 1.165) is 39.3 Å². The lowest BCUT2D eigenvalue weighted by Gasteiger charge is -2.35. The van der Waals surface area contributed by atoms with Crippen LogP contribution in [0.4, 0.5) is 0 Å². The minimum atomic E-state index is -0.00281. The summed E-state index contributed by atoms with van der Waals surface area (Å²) in [6.45, 7) is 8.53. The SMILES string of the molecule is CC1CN(C)CCCN1CC1(CO)CCOC1. The van der Waals surface area contributed by atoms with E-state index < -0.39 is 0 Å². The number of aliphatic hydroxyl groups is 1. The van der Waals surface area contributed by atoms with E-state index in [-0.39, 0.29) is 12.0 Å². The van der Waals surface area contributed by atoms with Gasteiger partial charge in [-0.05, 0) is 39.9 Å². The summed E-state index contributed by atoms with van der Waals surface area (Å²) in [5.41, 5.74) is -0.00281. The molecule has 100 valence electrons. The number of aliphatic hydroxyl groups excluding tert-OH is 1. The van der Waals surface area contributed by atoms with Gasteiger partial charge in [0.15, 0.2) is 0 Å². The Morgan fingerprint density at radius 1 is 1.41 bits per heavy atom. The number of rotatable bonds is 3. The molecule has 0 saturated carbocycles. The lowest BCUT2D eigenvalue weighted by atomic mass is 9.87. The van der Waals surface area contributed by atoms with Crippen molar-refractivity contribution in [3.8, 4) is 0 Å². The van der Waals surface area contributed by atoms with E-state index in [0.29, 0.717) is 6.04 Å². The van der Waals surface area contributed by atoms with Crippen LogP contribution in [0.15, 0.2) is 0 Å². The lowest BCUT2D eigenvalue weighted by Crippen LogP contribution is -2.46. The summed E-state index contributed by atoms with van der Waals surface area (Å²) in [5.74, 6) is 0. The molecule has 2 aliphatic heterocycles. The molecule has 2 saturated heterocycles. The van der Waals surface area contributed by atoms with E-state index in [1.807, 2.05) is 0 Å². The molecule has 0 aromatic heterocycles. The molecule has 4 heteroatoms. The third kappa shape index (κ3) is 3.19. The molecule has 4 nitrogen and oxygen atoms in total. The molecule has 2 fully saturated rings. The fourth-order valence-electron chi connectivity index (χ4n) is 3.04. The molecule has 2 aliphatic rings. The molecule has 2 atom stereocenters. The van der Waals surface area contributed by atoms with Crippen LogP contribution in [0.1, 0.15) is 19.8 Å². The molecule has 1 N–H and O–H groups in total. The zero-order valence-electron chi connectivity index (χ0n) is 11.2. The van der Waals surface area contributed by atoms with Gasteiger partial charge in [-0.25, -0.2) is 0 Å². The number of hydrogen-bond donors (Lipinski definition) is 1. The Balaban J connectivity index is 1.96. The standard InChI is InChI=1S/C13H26N2O2/c1-12-8-14(2)5-3-6-15(12)9-13(10-16)4-7-17-11-13/h12,16H,3-11H2,1-2H3. The quantitative estimate of drug-likeness (QED) is 0.778. The minimum Gasteiger partial charge on any atom is -0.396 e. The van der Waals surface area contributed by atoms with Crippen LogP contribution in [0, 0.1) is 5.41 Å². The maximum Gasteiger partial charge on any atom is 0.0557 e. The molecule has 2 heterocycles. The maximum atomic E-state index is 9.64. The Bertz CT molecular complexity index is 242. The van der Waals surface area contributed by atoms with Crippen LogP contribution in [0.25, 0.3) is 0 Å². The molecule has 0 aromatic carbocycles. The second kappa shape index (κ2) is 5.65. The Labute approximate surface area is 105 Å². The first-order valence-corrected chi connectivity index (χ1v) is 6.76. The predicted octanol–water partition coefficient (Wildman–Crippen LogP) is 0.411. The molecule has 0 spiro atoms. The van der Waals surface area contributed by atoms with E-state index in [1.54, 1.807) is 0 Å². The van der Waals surface area contributed by atoms with Gasteiger partial charge in [0.2, 0.25) is 0 Å². The van der Waals surface area contributed by atoms with Gasteiger partial charge in [-0.15, -0.1) is 0 Å². The van der Waals surface area contributed by atoms with E-state index in [1.165, 1.54) is 13.0 Å². The summed E-state index contributed by atoms with van der Waals surface area (Å²) in [4.78, 5) is 4.94. The average Bonchev–Trinajstić information content (AvgIpc) is 2.70. The Hall–Kier alpha value is -0.160. The highest BCUT2D eigenvalue weighted by Crippen LogP contribution is 2.30. The summed E-state index contributed by atoms with van der Waals surface area (Å²) >= 11 is 0. The summed E-state index contributed by atoms with van der Waals surface area (Å²) in [6.07, 6.45) is 2.23. The molecule has 2 rings (SSSR count). The van der Waals surface area contributed by atoms with Gasteiger partial charge in [-0.2, -0.15) is 0 Å².